The van der Waals surface area contributed by atoms with Gasteiger partial charge in [-0.15, -0.1) is 0 Å². The van der Waals surface area contributed by atoms with Crippen LogP contribution in [0.3, 0.4) is 0 Å². The van der Waals surface area contributed by atoms with Gasteiger partial charge < -0.3 is 5.73 Å². The monoisotopic (exact) mass is 341 g/mol. The van der Waals surface area contributed by atoms with Gasteiger partial charge in [0.15, 0.2) is 5.82 Å². The predicted octanol–water partition coefficient (Wildman–Crippen LogP) is 2.54. The van der Waals surface area contributed by atoms with Gasteiger partial charge in [-0.05, 0) is 41.1 Å². The van der Waals surface area contributed by atoms with Gasteiger partial charge in [0.2, 0.25) is 0 Å². The molecule has 3 N–H and O–H groups in total. The number of rotatable bonds is 3. The number of nitrogens with one attached hydrogen (secondary N) is 1. The van der Waals surface area contributed by atoms with Crippen LogP contribution in [0.5, 0.6) is 0 Å². The second kappa shape index (κ2) is 5.18. The van der Waals surface area contributed by atoms with Gasteiger partial charge in [0, 0.05) is 0 Å². The van der Waals surface area contributed by atoms with E-state index in [0.717, 1.165) is 5.56 Å². The fraction of sp³-hybridized carbons (Fsp3) is 0.0833. The first-order valence-corrected chi connectivity index (χ1v) is 7.66. The number of aryl methyl sites for hydroxylation is 1. The number of hydrogen-bond donors (Lipinski definition) is 2. The van der Waals surface area contributed by atoms with Gasteiger partial charge in [-0.1, -0.05) is 17.7 Å². The molecule has 0 unspecified atom stereocenters. The molecule has 0 spiro atoms. The lowest BCUT2D eigenvalue weighted by atomic mass is 10.2. The molecule has 2 rings (SSSR count). The van der Waals surface area contributed by atoms with Crippen molar-refractivity contribution in [1.29, 1.82) is 0 Å². The van der Waals surface area contributed by atoms with Crippen molar-refractivity contribution in [1.82, 2.24) is 4.98 Å². The summed E-state index contributed by atoms with van der Waals surface area (Å²) >= 11 is 3.21. The molecule has 2 aromatic rings. The number of pyridine rings is 1. The molecule has 0 radical (unpaired) electrons. The Bertz CT molecular complexity index is 699. The van der Waals surface area contributed by atoms with Crippen LogP contribution in [-0.2, 0) is 10.0 Å². The molecule has 7 heteroatoms. The van der Waals surface area contributed by atoms with Crippen LogP contribution in [0.4, 0.5) is 11.5 Å². The number of nitrogens with two attached hydrogens (primary N) is 1. The molecule has 0 atom stereocenters. The molecule has 1 aromatic heterocycles. The van der Waals surface area contributed by atoms with Crippen molar-refractivity contribution in [3.05, 3.63) is 46.6 Å². The molecular formula is C12H12BrN3O2S. The molecular weight excluding hydrogens is 330 g/mol. The lowest BCUT2D eigenvalue weighted by Gasteiger charge is -2.09. The predicted molar refractivity (Wildman–Crippen MR) is 78.3 cm³/mol. The summed E-state index contributed by atoms with van der Waals surface area (Å²) in [6.45, 7) is 1.89. The Labute approximate surface area is 120 Å². The maximum Gasteiger partial charge on any atom is 0.263 e. The molecule has 0 bridgehead atoms. The summed E-state index contributed by atoms with van der Waals surface area (Å²) in [7, 11) is -3.65. The number of aromatic nitrogens is 1. The van der Waals surface area contributed by atoms with E-state index in [4.69, 9.17) is 5.73 Å². The molecule has 0 aliphatic carbocycles. The van der Waals surface area contributed by atoms with Gasteiger partial charge >= 0.3 is 0 Å². The first-order chi connectivity index (χ1) is 8.88. The van der Waals surface area contributed by atoms with Gasteiger partial charge in [-0.25, -0.2) is 13.4 Å². The third kappa shape index (κ3) is 3.24. The summed E-state index contributed by atoms with van der Waals surface area (Å²) in [5.41, 5.74) is 6.99. The molecule has 19 heavy (non-hydrogen) atoms. The Morgan fingerprint density at radius 3 is 2.47 bits per heavy atom. The van der Waals surface area contributed by atoms with E-state index < -0.39 is 10.0 Å². The summed E-state index contributed by atoms with van der Waals surface area (Å²) < 4.78 is 27.2. The topological polar surface area (TPSA) is 85.1 Å². The van der Waals surface area contributed by atoms with E-state index in [-0.39, 0.29) is 10.7 Å². The maximum absolute atomic E-state index is 12.1. The zero-order chi connectivity index (χ0) is 14.0. The minimum Gasteiger partial charge on any atom is -0.397 e. The van der Waals surface area contributed by atoms with Crippen LogP contribution in [0.15, 0.2) is 45.9 Å². The van der Waals surface area contributed by atoms with Crippen LogP contribution in [0, 0.1) is 6.92 Å². The summed E-state index contributed by atoms with van der Waals surface area (Å²) in [5, 5.41) is 0. The number of nitrogens with zero attached hydrogens (tertiary/aromatic N) is 1. The fourth-order valence-corrected chi connectivity index (χ4v) is 3.06. The third-order valence-electron chi connectivity index (χ3n) is 2.42. The quantitative estimate of drug-likeness (QED) is 0.898. The van der Waals surface area contributed by atoms with E-state index >= 15 is 0 Å². The highest BCUT2D eigenvalue weighted by Gasteiger charge is 2.16. The van der Waals surface area contributed by atoms with E-state index in [1.165, 1.54) is 6.20 Å². The summed E-state index contributed by atoms with van der Waals surface area (Å²) in [5.74, 6) is 0.203. The van der Waals surface area contributed by atoms with E-state index in [0.29, 0.717) is 10.2 Å². The molecule has 1 aromatic carbocycles. The van der Waals surface area contributed by atoms with Gasteiger partial charge in [-0.2, -0.15) is 0 Å². The molecule has 0 aliphatic rings. The zero-order valence-corrected chi connectivity index (χ0v) is 12.5. The van der Waals surface area contributed by atoms with E-state index in [1.54, 1.807) is 30.3 Å². The summed E-state index contributed by atoms with van der Waals surface area (Å²) in [6, 6.07) is 8.14. The number of nitrogen functional groups attached to an aromatic ring is 1. The van der Waals surface area contributed by atoms with Crippen molar-refractivity contribution in [2.24, 2.45) is 0 Å². The highest BCUT2D eigenvalue weighted by atomic mass is 79.9. The molecule has 1 heterocycles. The Morgan fingerprint density at radius 1 is 1.26 bits per heavy atom. The van der Waals surface area contributed by atoms with Crippen LogP contribution in [0.25, 0.3) is 0 Å². The van der Waals surface area contributed by atoms with Crippen molar-refractivity contribution in [2.45, 2.75) is 11.8 Å². The highest BCUT2D eigenvalue weighted by Crippen LogP contribution is 2.24. The van der Waals surface area contributed by atoms with Crippen molar-refractivity contribution in [3.63, 3.8) is 0 Å². The van der Waals surface area contributed by atoms with Gasteiger partial charge in [0.1, 0.15) is 0 Å². The molecule has 0 saturated heterocycles. The van der Waals surface area contributed by atoms with E-state index in [2.05, 4.69) is 25.6 Å². The number of anilines is 2. The number of benzene rings is 1. The smallest absolute Gasteiger partial charge is 0.263 e. The Morgan fingerprint density at radius 2 is 1.89 bits per heavy atom. The zero-order valence-electron chi connectivity index (χ0n) is 10.1. The largest absolute Gasteiger partial charge is 0.397 e. The Hall–Kier alpha value is -1.60. The fourth-order valence-electron chi connectivity index (χ4n) is 1.43. The van der Waals surface area contributed by atoms with Gasteiger partial charge in [0.25, 0.3) is 10.0 Å². The summed E-state index contributed by atoms with van der Waals surface area (Å²) in [4.78, 5) is 4.13. The first-order valence-electron chi connectivity index (χ1n) is 5.39. The second-order valence-electron chi connectivity index (χ2n) is 4.02. The number of halogens is 1. The molecule has 0 amide bonds. The molecule has 0 saturated carbocycles. The lowest BCUT2D eigenvalue weighted by molar-refractivity contribution is 0.601. The standard InChI is InChI=1S/C12H12BrN3O2S/c1-8-2-4-10(5-3-8)19(17,18)16-12-11(13)6-9(14)7-15-12/h2-7H,14H2,1H3,(H,15,16). The Kier molecular flexibility index (Phi) is 3.77. The maximum atomic E-state index is 12.1. The molecule has 0 fully saturated rings. The third-order valence-corrected chi connectivity index (χ3v) is 4.38. The van der Waals surface area contributed by atoms with Crippen LogP contribution in [-0.4, -0.2) is 13.4 Å². The number of hydrogen-bond acceptors (Lipinski definition) is 4. The molecule has 100 valence electrons. The van der Waals surface area contributed by atoms with Crippen LogP contribution < -0.4 is 10.5 Å². The van der Waals surface area contributed by atoms with Gasteiger partial charge in [0.05, 0.1) is 21.3 Å². The van der Waals surface area contributed by atoms with E-state index in [9.17, 15) is 8.42 Å². The number of sulfonamides is 1. The second-order valence-corrected chi connectivity index (χ2v) is 6.55. The highest BCUT2D eigenvalue weighted by molar-refractivity contribution is 9.10. The van der Waals surface area contributed by atoms with Crippen LogP contribution in [0.1, 0.15) is 5.56 Å². The first kappa shape index (κ1) is 13.8. The van der Waals surface area contributed by atoms with Gasteiger partial charge in [-0.3, -0.25) is 4.72 Å². The average Bonchev–Trinajstić information content (AvgIpc) is 2.33. The minimum absolute atomic E-state index is 0.184. The average molecular weight is 342 g/mol. The SMILES string of the molecule is Cc1ccc(S(=O)(=O)Nc2ncc(N)cc2Br)cc1. The van der Waals surface area contributed by atoms with E-state index in [1.807, 2.05) is 6.92 Å². The normalized spacial score (nSPS) is 11.3. The minimum atomic E-state index is -3.65. The molecule has 0 aliphatic heterocycles. The van der Waals surface area contributed by atoms with Crippen molar-refractivity contribution >= 4 is 37.5 Å². The van der Waals surface area contributed by atoms with Crippen molar-refractivity contribution < 1.29 is 8.42 Å². The van der Waals surface area contributed by atoms with Crippen LogP contribution >= 0.6 is 15.9 Å². The lowest BCUT2D eigenvalue weighted by Crippen LogP contribution is -2.14. The van der Waals surface area contributed by atoms with Crippen molar-refractivity contribution in [2.75, 3.05) is 10.5 Å². The van der Waals surface area contributed by atoms with Crippen LogP contribution in [0.2, 0.25) is 0 Å². The Balaban J connectivity index is 2.33. The summed E-state index contributed by atoms with van der Waals surface area (Å²) in [6.07, 6.45) is 1.39. The molecule has 5 nitrogen and oxygen atoms in total. The van der Waals surface area contributed by atoms with Crippen molar-refractivity contribution in [3.8, 4) is 0 Å².